The molecule has 0 saturated heterocycles. The lowest BCUT2D eigenvalue weighted by Crippen LogP contribution is -1.25. The Hall–Kier alpha value is 0.170. The Morgan fingerprint density at radius 3 is 1.00 bits per heavy atom. The molecule has 4 heteroatoms. The van der Waals surface area contributed by atoms with Crippen molar-refractivity contribution in [2.45, 2.75) is 0 Å². The van der Waals surface area contributed by atoms with Gasteiger partial charge in [0.1, 0.15) is 0 Å². The molecule has 0 saturated carbocycles. The third kappa shape index (κ3) is 679. The first-order valence-corrected chi connectivity index (χ1v) is 0.447. The molecule has 0 rings (SSSR count). The summed E-state index contributed by atoms with van der Waals surface area (Å²) in [5.41, 5.74) is 0. The Balaban J connectivity index is -0.00000000167. The number of hydrogen-bond acceptors (Lipinski definition) is 3. The molecule has 0 aromatic heterocycles. The van der Waals surface area contributed by atoms with Gasteiger partial charge in [-0.25, -0.2) is 0 Å². The highest BCUT2D eigenvalue weighted by Crippen LogP contribution is 0.755. The molecule has 0 aliphatic rings. The average molecular weight is 103 g/mol. The largest absolute Gasteiger partial charge is 0.400 e. The maximum Gasteiger partial charge on any atom is 0.0319 e. The van der Waals surface area contributed by atoms with E-state index in [1.54, 1.807) is 0 Å². The molecule has 0 unspecified atom stereocenters. The number of halogens is 1. The highest BCUT2D eigenvalue weighted by atomic mass is 35.5. The van der Waals surface area contributed by atoms with Gasteiger partial charge in [0.15, 0.2) is 0 Å². The summed E-state index contributed by atoms with van der Waals surface area (Å²) >= 11 is 0. The zero-order chi connectivity index (χ0) is 2.00. The summed E-state index contributed by atoms with van der Waals surface area (Å²) in [5.74, 6) is 0. The zero-order valence-electron chi connectivity index (χ0n) is 3.27. The molecular weight excluding hydrogens is 91.5 g/mol. The van der Waals surface area contributed by atoms with Crippen LogP contribution in [0.25, 0.3) is 0 Å². The fraction of sp³-hybridized carbons (Fsp3) is 1.00. The molecule has 5 heavy (non-hydrogen) atoms. The van der Waals surface area contributed by atoms with Crippen molar-refractivity contribution in [1.29, 1.82) is 0 Å². The summed E-state index contributed by atoms with van der Waals surface area (Å²) in [5, 5.41) is 7.00. The number of hydrogen-bond donors (Lipinski definition) is 3. The van der Waals surface area contributed by atoms with E-state index in [2.05, 4.69) is 0 Å². The average Bonchev–Trinajstić information content (AvgIpc) is 1.00. The second kappa shape index (κ2) is 1450. The van der Waals surface area contributed by atoms with E-state index in [1.807, 2.05) is 0 Å². The van der Waals surface area contributed by atoms with Gasteiger partial charge in [0, 0.05) is 7.11 Å². The van der Waals surface area contributed by atoms with Crippen LogP contribution in [0.1, 0.15) is 0 Å². The molecule has 0 aromatic rings. The summed E-state index contributed by atoms with van der Waals surface area (Å²) < 4.78 is 0. The Morgan fingerprint density at radius 1 is 1.00 bits per heavy atom. The quantitative estimate of drug-likeness (QED) is 0.412. The standard InChI is InChI=1S/CH4O.ClH.2H3N/c1-2;;;/h2H,1H3;1H;2*1H3. The second-order valence-corrected chi connectivity index (χ2v) is 0. The van der Waals surface area contributed by atoms with Crippen molar-refractivity contribution < 1.29 is 5.11 Å². The lowest BCUT2D eigenvalue weighted by molar-refractivity contribution is 0.399. The number of aliphatic hydroxyl groups is 1. The van der Waals surface area contributed by atoms with Crippen molar-refractivity contribution in [2.75, 3.05) is 7.11 Å². The highest BCUT2D eigenvalue weighted by Gasteiger charge is 0.839. The zero-order valence-corrected chi connectivity index (χ0v) is 4.09. The Morgan fingerprint density at radius 2 is 1.00 bits per heavy atom. The maximum absolute atomic E-state index is 7.00. The van der Waals surface area contributed by atoms with Gasteiger partial charge in [-0.15, -0.1) is 12.4 Å². The van der Waals surface area contributed by atoms with Crippen molar-refractivity contribution in [2.24, 2.45) is 0 Å². The van der Waals surface area contributed by atoms with E-state index in [1.165, 1.54) is 0 Å². The van der Waals surface area contributed by atoms with Gasteiger partial charge in [0.2, 0.25) is 0 Å². The monoisotopic (exact) mass is 102 g/mol. The van der Waals surface area contributed by atoms with Crippen molar-refractivity contribution in [1.82, 2.24) is 12.3 Å². The summed E-state index contributed by atoms with van der Waals surface area (Å²) in [4.78, 5) is 0. The lowest BCUT2D eigenvalue weighted by atomic mass is 11.8. The van der Waals surface area contributed by atoms with Gasteiger partial charge < -0.3 is 17.4 Å². The van der Waals surface area contributed by atoms with Crippen molar-refractivity contribution >= 4 is 12.4 Å². The summed E-state index contributed by atoms with van der Waals surface area (Å²) in [7, 11) is 1.00. The minimum absolute atomic E-state index is 0. The molecular formula is CH11ClN2O. The van der Waals surface area contributed by atoms with Crippen LogP contribution in [0.5, 0.6) is 0 Å². The maximum atomic E-state index is 7.00. The van der Waals surface area contributed by atoms with Gasteiger partial charge in [-0.1, -0.05) is 0 Å². The predicted octanol–water partition coefficient (Wildman–Crippen LogP) is 0.354. The fourth-order valence-corrected chi connectivity index (χ4v) is 0. The molecule has 0 atom stereocenters. The molecule has 0 aromatic carbocycles. The number of aliphatic hydroxyl groups excluding tert-OH is 1. The van der Waals surface area contributed by atoms with E-state index in [0.717, 1.165) is 7.11 Å². The van der Waals surface area contributed by atoms with E-state index in [0.29, 0.717) is 0 Å². The fourth-order valence-electron chi connectivity index (χ4n) is 0. The molecule has 0 bridgehead atoms. The van der Waals surface area contributed by atoms with Crippen LogP contribution in [0.3, 0.4) is 0 Å². The van der Waals surface area contributed by atoms with Crippen LogP contribution in [-0.2, 0) is 0 Å². The van der Waals surface area contributed by atoms with Crippen LogP contribution in [0.4, 0.5) is 0 Å². The molecule has 7 N–H and O–H groups in total. The van der Waals surface area contributed by atoms with Crippen LogP contribution in [0.2, 0.25) is 0 Å². The van der Waals surface area contributed by atoms with Crippen molar-refractivity contribution in [3.63, 3.8) is 0 Å². The summed E-state index contributed by atoms with van der Waals surface area (Å²) in [6.45, 7) is 0. The van der Waals surface area contributed by atoms with E-state index in [9.17, 15) is 0 Å². The molecule has 0 heterocycles. The van der Waals surface area contributed by atoms with E-state index >= 15 is 0 Å². The summed E-state index contributed by atoms with van der Waals surface area (Å²) in [6.07, 6.45) is 0. The molecule has 38 valence electrons. The topological polar surface area (TPSA) is 90.2 Å². The third-order valence-electron chi connectivity index (χ3n) is 0. The summed E-state index contributed by atoms with van der Waals surface area (Å²) in [6, 6.07) is 0. The minimum Gasteiger partial charge on any atom is -0.400 e. The van der Waals surface area contributed by atoms with Gasteiger partial charge in [-0.3, -0.25) is 0 Å². The third-order valence-corrected chi connectivity index (χ3v) is 0. The van der Waals surface area contributed by atoms with Crippen LogP contribution in [0.15, 0.2) is 0 Å². The SMILES string of the molecule is CO.Cl.N.N. The molecule has 0 aliphatic heterocycles. The molecule has 3 nitrogen and oxygen atoms in total. The highest BCUT2D eigenvalue weighted by molar-refractivity contribution is 5.85. The molecule has 0 fully saturated rings. The van der Waals surface area contributed by atoms with E-state index in [4.69, 9.17) is 5.11 Å². The van der Waals surface area contributed by atoms with Gasteiger partial charge in [-0.2, -0.15) is 0 Å². The van der Waals surface area contributed by atoms with Crippen LogP contribution in [-0.4, -0.2) is 12.2 Å². The predicted molar refractivity (Wildman–Crippen MR) is 25.4 cm³/mol. The van der Waals surface area contributed by atoms with Gasteiger partial charge in [0.25, 0.3) is 0 Å². The van der Waals surface area contributed by atoms with Crippen LogP contribution < -0.4 is 12.3 Å². The minimum atomic E-state index is 0. The van der Waals surface area contributed by atoms with Crippen LogP contribution in [0, 0.1) is 0 Å². The van der Waals surface area contributed by atoms with E-state index < -0.39 is 0 Å². The van der Waals surface area contributed by atoms with Gasteiger partial charge >= 0.3 is 0 Å². The molecule has 0 aliphatic carbocycles. The van der Waals surface area contributed by atoms with Crippen molar-refractivity contribution in [3.05, 3.63) is 0 Å². The smallest absolute Gasteiger partial charge is 0.0319 e. The second-order valence-electron chi connectivity index (χ2n) is 0. The Bertz CT molecular complexity index is 9.61. The first-order chi connectivity index (χ1) is 1.00. The lowest BCUT2D eigenvalue weighted by Gasteiger charge is -1.21. The van der Waals surface area contributed by atoms with Gasteiger partial charge in [0.05, 0.1) is 0 Å². The first kappa shape index (κ1) is 65.7. The Labute approximate surface area is 38.0 Å². The van der Waals surface area contributed by atoms with Crippen LogP contribution >= 0.6 is 12.4 Å². The number of rotatable bonds is 0. The van der Waals surface area contributed by atoms with Gasteiger partial charge in [-0.05, 0) is 0 Å². The molecule has 0 radical (unpaired) electrons. The van der Waals surface area contributed by atoms with Crippen molar-refractivity contribution in [3.8, 4) is 0 Å². The van der Waals surface area contributed by atoms with E-state index in [-0.39, 0.29) is 24.7 Å². The molecule has 0 amide bonds. The Kier molecular flexibility index (Phi) is 19000. The first-order valence-electron chi connectivity index (χ1n) is 0.447. The normalized spacial score (nSPS) is 1.20. The molecule has 0 spiro atoms.